The maximum Gasteiger partial charge on any atom is 0.417 e. The highest BCUT2D eigenvalue weighted by Crippen LogP contribution is 2.75. The van der Waals surface area contributed by atoms with Gasteiger partial charge < -0.3 is 0 Å². The van der Waals surface area contributed by atoms with Crippen LogP contribution in [0.4, 0.5) is 26.3 Å². The minimum Gasteiger partial charge on any atom is -0.219 e. The van der Waals surface area contributed by atoms with Crippen molar-refractivity contribution in [3.05, 3.63) is 35.4 Å². The Hall–Kier alpha value is -1.77. The number of alkyl halides is 5. The lowest BCUT2D eigenvalue weighted by Gasteiger charge is -2.30. The Bertz CT molecular complexity index is 1090. The third kappa shape index (κ3) is 3.29. The normalized spacial score (nSPS) is 23.6. The summed E-state index contributed by atoms with van der Waals surface area (Å²) in [7, 11) is -4.00. The fraction of sp³-hybridized carbons (Fsp3) is 0.500. The van der Waals surface area contributed by atoms with E-state index in [-0.39, 0.29) is 36.8 Å². The van der Waals surface area contributed by atoms with Gasteiger partial charge in [-0.05, 0) is 42.6 Å². The smallest absolute Gasteiger partial charge is 0.219 e. The zero-order valence-corrected chi connectivity index (χ0v) is 16.6. The van der Waals surface area contributed by atoms with E-state index >= 15 is 0 Å². The van der Waals surface area contributed by atoms with Gasteiger partial charge in [-0.3, -0.25) is 0 Å². The van der Waals surface area contributed by atoms with Crippen molar-refractivity contribution in [2.24, 2.45) is 10.6 Å². The second-order valence-electron chi connectivity index (χ2n) is 7.30. The first-order valence-corrected chi connectivity index (χ1v) is 10.9. The van der Waals surface area contributed by atoms with E-state index < -0.39 is 50.6 Å². The third-order valence-electron chi connectivity index (χ3n) is 5.69. The highest BCUT2D eigenvalue weighted by atomic mass is 32.2. The van der Waals surface area contributed by atoms with E-state index in [1.54, 1.807) is 0 Å². The van der Waals surface area contributed by atoms with Gasteiger partial charge in [0, 0.05) is 18.7 Å². The van der Waals surface area contributed by atoms with Gasteiger partial charge >= 0.3 is 6.18 Å². The summed E-state index contributed by atoms with van der Waals surface area (Å²) in [5.74, 6) is -6.06. The van der Waals surface area contributed by atoms with Crippen molar-refractivity contribution in [1.82, 2.24) is 13.7 Å². The molecule has 1 saturated heterocycles. The lowest BCUT2D eigenvalue weighted by Crippen LogP contribution is -2.43. The van der Waals surface area contributed by atoms with E-state index in [1.807, 2.05) is 0 Å². The van der Waals surface area contributed by atoms with Gasteiger partial charge in [0.15, 0.2) is 5.82 Å². The quantitative estimate of drug-likeness (QED) is 0.694. The lowest BCUT2D eigenvalue weighted by atomic mass is 9.91. The summed E-state index contributed by atoms with van der Waals surface area (Å²) in [5, 5.41) is 4.78. The molecule has 4 rings (SSSR count). The van der Waals surface area contributed by atoms with Gasteiger partial charge in [-0.15, -0.1) is 0 Å². The van der Waals surface area contributed by atoms with Crippen LogP contribution in [0.1, 0.15) is 30.1 Å². The molecule has 1 aromatic carbocycles. The van der Waals surface area contributed by atoms with Gasteiger partial charge in [0.2, 0.25) is 0 Å². The van der Waals surface area contributed by atoms with E-state index in [4.69, 9.17) is 5.14 Å². The lowest BCUT2D eigenvalue weighted by molar-refractivity contribution is -0.137. The molecule has 1 unspecified atom stereocenters. The average Bonchev–Trinajstić information content (AvgIpc) is 2.95. The molecule has 0 amide bonds. The Balaban J connectivity index is 1.63. The Kier molecular flexibility index (Phi) is 4.73. The van der Waals surface area contributed by atoms with Crippen LogP contribution < -0.4 is 5.14 Å². The van der Waals surface area contributed by atoms with E-state index in [0.29, 0.717) is 17.6 Å². The van der Waals surface area contributed by atoms with E-state index in [0.717, 1.165) is 16.4 Å². The first kappa shape index (κ1) is 21.5. The molecule has 1 aliphatic carbocycles. The molecule has 0 radical (unpaired) electrons. The molecule has 1 spiro atoms. The van der Waals surface area contributed by atoms with Gasteiger partial charge in [-0.1, -0.05) is 0 Å². The van der Waals surface area contributed by atoms with Crippen LogP contribution in [0.2, 0.25) is 0 Å². The first-order chi connectivity index (χ1) is 13.8. The topological polar surface area (TPSA) is 89.2 Å². The number of benzene rings is 1. The highest BCUT2D eigenvalue weighted by molar-refractivity contribution is 7.86. The first-order valence-electron chi connectivity index (χ1n) is 8.64. The molecule has 164 valence electrons. The molecule has 2 fully saturated rings. The van der Waals surface area contributed by atoms with E-state index in [1.165, 1.54) is 0 Å². The van der Waals surface area contributed by atoms with Gasteiger partial charge in [0.25, 0.3) is 16.1 Å². The van der Waals surface area contributed by atoms with Crippen molar-refractivity contribution in [3.63, 3.8) is 0 Å². The molecule has 1 aliphatic heterocycles. The Labute approximate surface area is 171 Å². The summed E-state index contributed by atoms with van der Waals surface area (Å²) in [6.45, 7) is -0.393. The van der Waals surface area contributed by atoms with E-state index in [2.05, 4.69) is 9.36 Å². The molecular formula is C16H14F6N4O2S2. The zero-order valence-electron chi connectivity index (χ0n) is 15.0. The van der Waals surface area contributed by atoms with Crippen molar-refractivity contribution in [2.45, 2.75) is 30.9 Å². The SMILES string of the molecule is NS(=O)(=O)N1CCC2(CC1)C(c1nsc(-c3ccc(F)cc3C(F)(F)F)n1)C2(F)F. The van der Waals surface area contributed by atoms with Crippen LogP contribution in [0.25, 0.3) is 10.6 Å². The molecule has 2 aromatic rings. The van der Waals surface area contributed by atoms with Crippen molar-refractivity contribution < 1.29 is 34.8 Å². The maximum atomic E-state index is 14.7. The highest BCUT2D eigenvalue weighted by Gasteiger charge is 2.82. The van der Waals surface area contributed by atoms with Gasteiger partial charge in [0.1, 0.15) is 10.8 Å². The number of nitrogens with two attached hydrogens (primary N) is 1. The van der Waals surface area contributed by atoms with Crippen LogP contribution in [0.3, 0.4) is 0 Å². The van der Waals surface area contributed by atoms with Crippen molar-refractivity contribution >= 4 is 21.7 Å². The second kappa shape index (κ2) is 6.61. The predicted molar refractivity (Wildman–Crippen MR) is 94.3 cm³/mol. The molecule has 14 heteroatoms. The molecule has 1 atom stereocenters. The van der Waals surface area contributed by atoms with Gasteiger partial charge in [-0.25, -0.2) is 23.3 Å². The molecule has 0 bridgehead atoms. The molecule has 1 aromatic heterocycles. The van der Waals surface area contributed by atoms with E-state index in [9.17, 15) is 34.8 Å². The summed E-state index contributed by atoms with van der Waals surface area (Å²) in [6.07, 6.45) is -5.23. The van der Waals surface area contributed by atoms with Crippen LogP contribution in [-0.4, -0.2) is 41.1 Å². The Morgan fingerprint density at radius 3 is 2.40 bits per heavy atom. The number of halogens is 6. The molecular weight excluding hydrogens is 458 g/mol. The number of piperidine rings is 1. The van der Waals surface area contributed by atoms with Crippen LogP contribution in [0.5, 0.6) is 0 Å². The second-order valence-corrected chi connectivity index (χ2v) is 9.60. The zero-order chi connectivity index (χ0) is 22.1. The largest absolute Gasteiger partial charge is 0.417 e. The standard InChI is InChI=1S/C16H14F6N4O2S2/c17-8-1-2-9(10(7-8)16(20,21)22)13-24-12(25-29-13)11-14(15(11,18)19)3-5-26(6-4-14)30(23,27)28/h1-2,7,11H,3-6H2,(H2,23,27,28). The Morgan fingerprint density at radius 2 is 1.83 bits per heavy atom. The van der Waals surface area contributed by atoms with Crippen LogP contribution >= 0.6 is 11.5 Å². The summed E-state index contributed by atoms with van der Waals surface area (Å²) in [6, 6.07) is 2.02. The average molecular weight is 472 g/mol. The van der Waals surface area contributed by atoms with Crippen LogP contribution in [-0.2, 0) is 16.4 Å². The minimum atomic E-state index is -4.87. The maximum absolute atomic E-state index is 14.7. The summed E-state index contributed by atoms with van der Waals surface area (Å²) >= 11 is 0.517. The fourth-order valence-electron chi connectivity index (χ4n) is 4.08. The Morgan fingerprint density at radius 1 is 1.20 bits per heavy atom. The van der Waals surface area contributed by atoms with Crippen LogP contribution in [0.15, 0.2) is 18.2 Å². The van der Waals surface area contributed by atoms with Crippen molar-refractivity contribution in [3.8, 4) is 10.6 Å². The minimum absolute atomic E-state index is 0.181. The molecule has 30 heavy (non-hydrogen) atoms. The number of hydrogen-bond acceptors (Lipinski definition) is 5. The summed E-state index contributed by atoms with van der Waals surface area (Å²) in [5.41, 5.74) is -3.29. The van der Waals surface area contributed by atoms with Crippen LogP contribution in [0, 0.1) is 11.2 Å². The number of hydrogen-bond donors (Lipinski definition) is 1. The van der Waals surface area contributed by atoms with Gasteiger partial charge in [0.05, 0.1) is 16.9 Å². The number of nitrogens with zero attached hydrogens (tertiary/aromatic N) is 3. The number of aromatic nitrogens is 2. The molecule has 1 saturated carbocycles. The van der Waals surface area contributed by atoms with Gasteiger partial charge in [-0.2, -0.15) is 30.3 Å². The van der Waals surface area contributed by atoms with Crippen molar-refractivity contribution in [2.75, 3.05) is 13.1 Å². The fourth-order valence-corrected chi connectivity index (χ4v) is 5.51. The third-order valence-corrected chi connectivity index (χ3v) is 7.53. The molecule has 2 heterocycles. The molecule has 2 aliphatic rings. The molecule has 2 N–H and O–H groups in total. The number of rotatable bonds is 3. The van der Waals surface area contributed by atoms with Crippen molar-refractivity contribution in [1.29, 1.82) is 0 Å². The monoisotopic (exact) mass is 472 g/mol. The predicted octanol–water partition coefficient (Wildman–Crippen LogP) is 3.38. The summed E-state index contributed by atoms with van der Waals surface area (Å²) in [4.78, 5) is 3.91. The summed E-state index contributed by atoms with van der Waals surface area (Å²) < 4.78 is 110. The molecule has 6 nitrogen and oxygen atoms in total.